The Morgan fingerprint density at radius 2 is 2.44 bits per heavy atom. The van der Waals surface area contributed by atoms with Crippen LogP contribution in [0.5, 0.6) is 0 Å². The summed E-state index contributed by atoms with van der Waals surface area (Å²) in [6.45, 7) is 5.75. The van der Waals surface area contributed by atoms with Crippen LogP contribution in [0.4, 0.5) is 0 Å². The Morgan fingerprint density at radius 3 is 2.78 bits per heavy atom. The molecule has 0 spiro atoms. The Labute approximate surface area is 63.7 Å². The largest absolute Gasteiger partial charge is 0.465 e. The van der Waals surface area contributed by atoms with Crippen molar-refractivity contribution in [2.75, 3.05) is 6.61 Å². The third-order valence-corrected chi connectivity index (χ3v) is 1.63. The number of rotatable bonds is 3. The lowest BCUT2D eigenvalue weighted by Gasteiger charge is -2.03. The summed E-state index contributed by atoms with van der Waals surface area (Å²) in [4.78, 5) is 10.4. The number of esters is 1. The maximum Gasteiger partial charge on any atom is 0.319 e. The van der Waals surface area contributed by atoms with Gasteiger partial charge in [0.2, 0.25) is 0 Å². The van der Waals surface area contributed by atoms with Gasteiger partial charge < -0.3 is 4.74 Å². The van der Waals surface area contributed by atoms with E-state index in [0.717, 1.165) is 0 Å². The molecule has 3 heteroatoms. The average molecular weight is 194 g/mol. The van der Waals surface area contributed by atoms with Crippen LogP contribution in [0.2, 0.25) is 0 Å². The molecule has 0 aliphatic carbocycles. The van der Waals surface area contributed by atoms with Gasteiger partial charge in [-0.1, -0.05) is 22.9 Å². The van der Waals surface area contributed by atoms with E-state index in [1.807, 2.05) is 0 Å². The van der Waals surface area contributed by atoms with E-state index in [0.29, 0.717) is 13.0 Å². The molecule has 9 heavy (non-hydrogen) atoms. The van der Waals surface area contributed by atoms with Crippen LogP contribution in [0.1, 0.15) is 13.3 Å². The van der Waals surface area contributed by atoms with Crippen molar-refractivity contribution in [2.24, 2.45) is 0 Å². The van der Waals surface area contributed by atoms with Crippen molar-refractivity contribution in [2.45, 2.75) is 18.2 Å². The number of ether oxygens (including phenoxy) is 1. The van der Waals surface area contributed by atoms with Crippen molar-refractivity contribution in [1.29, 1.82) is 0 Å². The van der Waals surface area contributed by atoms with Gasteiger partial charge in [0.15, 0.2) is 0 Å². The lowest BCUT2D eigenvalue weighted by Crippen LogP contribution is -2.15. The van der Waals surface area contributed by atoms with Crippen molar-refractivity contribution in [3.63, 3.8) is 0 Å². The molecular formula is C6H10BrO2. The smallest absolute Gasteiger partial charge is 0.319 e. The minimum Gasteiger partial charge on any atom is -0.465 e. The van der Waals surface area contributed by atoms with E-state index in [2.05, 4.69) is 27.6 Å². The molecule has 53 valence electrons. The second kappa shape index (κ2) is 4.79. The van der Waals surface area contributed by atoms with Gasteiger partial charge in [-0.05, 0) is 13.3 Å². The highest BCUT2D eigenvalue weighted by Crippen LogP contribution is 2.05. The number of alkyl halides is 1. The number of hydrogen-bond acceptors (Lipinski definition) is 2. The van der Waals surface area contributed by atoms with Crippen molar-refractivity contribution in [3.8, 4) is 0 Å². The highest BCUT2D eigenvalue weighted by Gasteiger charge is 2.11. The quantitative estimate of drug-likeness (QED) is 0.503. The van der Waals surface area contributed by atoms with Gasteiger partial charge in [0.25, 0.3) is 0 Å². The summed E-state index contributed by atoms with van der Waals surface area (Å²) in [5.41, 5.74) is 0. The first-order valence-corrected chi connectivity index (χ1v) is 3.73. The van der Waals surface area contributed by atoms with Crippen LogP contribution < -0.4 is 0 Å². The summed E-state index contributed by atoms with van der Waals surface area (Å²) in [6.07, 6.45) is 0.527. The van der Waals surface area contributed by atoms with Crippen LogP contribution in [0.25, 0.3) is 0 Å². The first-order chi connectivity index (χ1) is 4.22. The van der Waals surface area contributed by atoms with Crippen molar-refractivity contribution < 1.29 is 9.53 Å². The summed E-state index contributed by atoms with van der Waals surface area (Å²) in [6, 6.07) is 0. The molecule has 1 atom stereocenters. The molecular weight excluding hydrogens is 184 g/mol. The predicted octanol–water partition coefficient (Wildman–Crippen LogP) is 1.54. The molecule has 0 amide bonds. The lowest BCUT2D eigenvalue weighted by molar-refractivity contribution is -0.142. The molecule has 1 radical (unpaired) electrons. The Kier molecular flexibility index (Phi) is 4.77. The zero-order chi connectivity index (χ0) is 7.28. The van der Waals surface area contributed by atoms with Gasteiger partial charge in [0.1, 0.15) is 4.83 Å². The fourth-order valence-electron chi connectivity index (χ4n) is 0.351. The van der Waals surface area contributed by atoms with Crippen LogP contribution in [-0.2, 0) is 9.53 Å². The Bertz CT molecular complexity index is 93.1. The third-order valence-electron chi connectivity index (χ3n) is 0.796. The lowest BCUT2D eigenvalue weighted by atomic mass is 10.3. The van der Waals surface area contributed by atoms with Gasteiger partial charge in [0.05, 0.1) is 6.61 Å². The van der Waals surface area contributed by atoms with E-state index in [9.17, 15) is 4.79 Å². The maximum atomic E-state index is 10.7. The van der Waals surface area contributed by atoms with E-state index in [4.69, 9.17) is 0 Å². The second-order valence-corrected chi connectivity index (χ2v) is 2.61. The standard InChI is InChI=1S/C6H10BrO2/c1-3-5(7)6(8)9-4-2/h5H,1,3-4H2,2H3. The van der Waals surface area contributed by atoms with Gasteiger partial charge >= 0.3 is 5.97 Å². The Hall–Kier alpha value is -0.0500. The average Bonchev–Trinajstić information content (AvgIpc) is 1.87. The molecule has 2 nitrogen and oxygen atoms in total. The Balaban J connectivity index is 3.46. The molecule has 0 aliphatic rings. The number of halogens is 1. The number of carbonyl (C=O) groups is 1. The fourth-order valence-corrected chi connectivity index (χ4v) is 0.483. The molecule has 0 aromatic rings. The third kappa shape index (κ3) is 3.51. The number of carbonyl (C=O) groups excluding carboxylic acids is 1. The molecule has 0 aromatic heterocycles. The van der Waals surface area contributed by atoms with Crippen LogP contribution in [-0.4, -0.2) is 17.4 Å². The summed E-state index contributed by atoms with van der Waals surface area (Å²) in [5, 5.41) is 0. The van der Waals surface area contributed by atoms with Crippen molar-refractivity contribution in [1.82, 2.24) is 0 Å². The Morgan fingerprint density at radius 1 is 1.89 bits per heavy atom. The van der Waals surface area contributed by atoms with Crippen LogP contribution in [0.3, 0.4) is 0 Å². The molecule has 0 saturated carbocycles. The monoisotopic (exact) mass is 193 g/mol. The van der Waals surface area contributed by atoms with E-state index >= 15 is 0 Å². The van der Waals surface area contributed by atoms with Crippen LogP contribution >= 0.6 is 15.9 Å². The highest BCUT2D eigenvalue weighted by molar-refractivity contribution is 9.10. The SMILES string of the molecule is [CH2]CC(Br)C(=O)OCC. The van der Waals surface area contributed by atoms with Gasteiger partial charge in [0, 0.05) is 0 Å². The highest BCUT2D eigenvalue weighted by atomic mass is 79.9. The summed E-state index contributed by atoms with van der Waals surface area (Å²) < 4.78 is 4.67. The molecule has 0 bridgehead atoms. The van der Waals surface area contributed by atoms with Gasteiger partial charge in [-0.15, -0.1) is 0 Å². The minimum atomic E-state index is -0.238. The maximum absolute atomic E-state index is 10.7. The first kappa shape index (κ1) is 8.95. The van der Waals surface area contributed by atoms with Crippen LogP contribution in [0.15, 0.2) is 0 Å². The zero-order valence-corrected chi connectivity index (χ0v) is 6.98. The fraction of sp³-hybridized carbons (Fsp3) is 0.667. The molecule has 1 unspecified atom stereocenters. The van der Waals surface area contributed by atoms with Crippen LogP contribution in [0, 0.1) is 6.92 Å². The number of hydrogen-bond donors (Lipinski definition) is 0. The second-order valence-electron chi connectivity index (χ2n) is 1.51. The summed E-state index contributed by atoms with van der Waals surface area (Å²) >= 11 is 3.11. The molecule has 0 fully saturated rings. The predicted molar refractivity (Wildman–Crippen MR) is 39.3 cm³/mol. The van der Waals surface area contributed by atoms with Gasteiger partial charge in [-0.3, -0.25) is 4.79 Å². The molecule has 0 rings (SSSR count). The van der Waals surface area contributed by atoms with E-state index in [1.54, 1.807) is 6.92 Å². The normalized spacial score (nSPS) is 12.8. The van der Waals surface area contributed by atoms with E-state index in [1.165, 1.54) is 0 Å². The van der Waals surface area contributed by atoms with E-state index < -0.39 is 0 Å². The molecule has 0 saturated heterocycles. The molecule has 0 aromatic carbocycles. The van der Waals surface area contributed by atoms with Gasteiger partial charge in [-0.2, -0.15) is 0 Å². The summed E-state index contributed by atoms with van der Waals surface area (Å²) in [5.74, 6) is -0.229. The van der Waals surface area contributed by atoms with E-state index in [-0.39, 0.29) is 10.8 Å². The van der Waals surface area contributed by atoms with Crippen molar-refractivity contribution in [3.05, 3.63) is 6.92 Å². The zero-order valence-electron chi connectivity index (χ0n) is 5.39. The first-order valence-electron chi connectivity index (χ1n) is 2.82. The summed E-state index contributed by atoms with van der Waals surface area (Å²) in [7, 11) is 0. The minimum absolute atomic E-state index is 0.229. The molecule has 0 heterocycles. The molecule has 0 N–H and O–H groups in total. The van der Waals surface area contributed by atoms with Crippen molar-refractivity contribution >= 4 is 21.9 Å². The topological polar surface area (TPSA) is 26.3 Å². The van der Waals surface area contributed by atoms with Gasteiger partial charge in [-0.25, -0.2) is 0 Å². The molecule has 0 aliphatic heterocycles.